The molecule has 0 aliphatic rings. The zero-order valence-electron chi connectivity index (χ0n) is 13.0. The summed E-state index contributed by atoms with van der Waals surface area (Å²) in [5, 5.41) is 20.1. The van der Waals surface area contributed by atoms with Crippen LogP contribution >= 0.6 is 23.2 Å². The molecule has 1 amide bonds. The molecule has 2 aromatic carbocycles. The number of hydrogen-bond acceptors (Lipinski definition) is 5. The molecule has 0 saturated carbocycles. The number of nitrogens with zero attached hydrogens (tertiary/aromatic N) is 1. The van der Waals surface area contributed by atoms with Crippen LogP contribution < -0.4 is 15.8 Å². The topological polar surface area (TPSA) is 125 Å². The van der Waals surface area contributed by atoms with Gasteiger partial charge in [0, 0.05) is 17.6 Å². The lowest BCUT2D eigenvalue weighted by Crippen LogP contribution is -2.15. The summed E-state index contributed by atoms with van der Waals surface area (Å²) in [4.78, 5) is 12.0. The van der Waals surface area contributed by atoms with Crippen LogP contribution in [0.25, 0.3) is 0 Å². The van der Waals surface area contributed by atoms with Gasteiger partial charge >= 0.3 is 0 Å². The zero-order valence-corrected chi connectivity index (χ0v) is 15.4. The van der Waals surface area contributed by atoms with Gasteiger partial charge in [-0.05, 0) is 42.5 Å². The van der Waals surface area contributed by atoms with Crippen molar-refractivity contribution < 1.29 is 13.2 Å². The maximum Gasteiger partial charge on any atom is 0.267 e. The van der Waals surface area contributed by atoms with E-state index in [4.69, 9.17) is 33.6 Å². The molecule has 0 spiro atoms. The summed E-state index contributed by atoms with van der Waals surface area (Å²) >= 11 is 11.7. The van der Waals surface area contributed by atoms with Crippen LogP contribution in [-0.4, -0.2) is 14.3 Å². The van der Waals surface area contributed by atoms with Gasteiger partial charge in [0.25, 0.3) is 5.91 Å². The summed E-state index contributed by atoms with van der Waals surface area (Å²) in [5.41, 5.74) is 0.641. The Balaban J connectivity index is 2.10. The average molecular weight is 411 g/mol. The third-order valence-electron chi connectivity index (χ3n) is 3.11. The fraction of sp³-hybridized carbons (Fsp3) is 0. The number of sulfonamides is 1. The van der Waals surface area contributed by atoms with E-state index in [1.165, 1.54) is 30.5 Å². The van der Waals surface area contributed by atoms with E-state index in [1.807, 2.05) is 0 Å². The highest BCUT2D eigenvalue weighted by Gasteiger charge is 2.11. The number of hydrogen-bond donors (Lipinski definition) is 3. The van der Waals surface area contributed by atoms with E-state index in [-0.39, 0.29) is 10.5 Å². The van der Waals surface area contributed by atoms with Crippen molar-refractivity contribution in [3.63, 3.8) is 0 Å². The van der Waals surface area contributed by atoms with Gasteiger partial charge in [0.2, 0.25) is 10.0 Å². The number of amides is 1. The van der Waals surface area contributed by atoms with Gasteiger partial charge in [-0.3, -0.25) is 4.79 Å². The summed E-state index contributed by atoms with van der Waals surface area (Å²) < 4.78 is 22.4. The number of carbonyl (C=O) groups excluding carboxylic acids is 1. The van der Waals surface area contributed by atoms with Crippen molar-refractivity contribution in [3.8, 4) is 6.07 Å². The Labute approximate surface area is 160 Å². The molecule has 0 radical (unpaired) electrons. The Morgan fingerprint density at radius 2 is 1.69 bits per heavy atom. The molecule has 0 atom stereocenters. The molecular weight excluding hydrogens is 399 g/mol. The standard InChI is InChI=1S/C16H12Cl2N4O3S/c17-14-6-3-12(7-15(14)18)21-9-10(8-19)16(23)22-11-1-4-13(5-2-11)26(20,24)25/h1-7,9,21H,(H,22,23)(H2,20,24,25)/b10-9-. The van der Waals surface area contributed by atoms with Crippen molar-refractivity contribution in [2.45, 2.75) is 4.90 Å². The Morgan fingerprint density at radius 1 is 1.08 bits per heavy atom. The Bertz CT molecular complexity index is 1010. The molecule has 2 aromatic rings. The first-order chi connectivity index (χ1) is 12.2. The van der Waals surface area contributed by atoms with E-state index in [1.54, 1.807) is 24.3 Å². The van der Waals surface area contributed by atoms with Gasteiger partial charge in [0.1, 0.15) is 11.6 Å². The third-order valence-corrected chi connectivity index (χ3v) is 4.78. The second-order valence-corrected chi connectivity index (χ2v) is 7.34. The van der Waals surface area contributed by atoms with Crippen LogP contribution in [0, 0.1) is 11.3 Å². The zero-order chi connectivity index (χ0) is 19.3. The predicted molar refractivity (Wildman–Crippen MR) is 100 cm³/mol. The number of anilines is 2. The molecule has 0 unspecified atom stereocenters. The van der Waals surface area contributed by atoms with Crippen LogP contribution in [0.3, 0.4) is 0 Å². The van der Waals surface area contributed by atoms with Crippen molar-refractivity contribution in [2.24, 2.45) is 5.14 Å². The van der Waals surface area contributed by atoms with Crippen molar-refractivity contribution in [2.75, 3.05) is 10.6 Å². The smallest absolute Gasteiger partial charge is 0.267 e. The van der Waals surface area contributed by atoms with Crippen LogP contribution in [0.15, 0.2) is 59.1 Å². The van der Waals surface area contributed by atoms with Gasteiger partial charge in [-0.1, -0.05) is 23.2 Å². The summed E-state index contributed by atoms with van der Waals surface area (Å²) in [6.07, 6.45) is 1.22. The SMILES string of the molecule is N#C/C(=C/Nc1ccc(Cl)c(Cl)c1)C(=O)Nc1ccc(S(N)(=O)=O)cc1. The normalized spacial score (nSPS) is 11.5. The number of carbonyl (C=O) groups is 1. The highest BCUT2D eigenvalue weighted by atomic mass is 35.5. The first kappa shape index (κ1) is 19.8. The number of primary sulfonamides is 1. The monoisotopic (exact) mass is 410 g/mol. The number of benzene rings is 2. The second-order valence-electron chi connectivity index (χ2n) is 4.97. The fourth-order valence-electron chi connectivity index (χ4n) is 1.82. The highest BCUT2D eigenvalue weighted by molar-refractivity contribution is 7.89. The highest BCUT2D eigenvalue weighted by Crippen LogP contribution is 2.25. The summed E-state index contributed by atoms with van der Waals surface area (Å²) in [6, 6.07) is 11.7. The average Bonchev–Trinajstić information content (AvgIpc) is 2.58. The van der Waals surface area contributed by atoms with Crippen LogP contribution in [0.2, 0.25) is 10.0 Å². The van der Waals surface area contributed by atoms with E-state index in [0.717, 1.165) is 0 Å². The molecule has 10 heteroatoms. The van der Waals surface area contributed by atoms with Crippen LogP contribution in [0.5, 0.6) is 0 Å². The van der Waals surface area contributed by atoms with E-state index >= 15 is 0 Å². The minimum Gasteiger partial charge on any atom is -0.360 e. The van der Waals surface area contributed by atoms with Gasteiger partial charge in [-0.2, -0.15) is 5.26 Å². The minimum atomic E-state index is -3.82. The number of nitrogens with one attached hydrogen (secondary N) is 2. The lowest BCUT2D eigenvalue weighted by Gasteiger charge is -2.06. The van der Waals surface area contributed by atoms with Gasteiger partial charge in [0.15, 0.2) is 0 Å². The van der Waals surface area contributed by atoms with E-state index in [9.17, 15) is 13.2 Å². The van der Waals surface area contributed by atoms with Gasteiger partial charge in [0.05, 0.1) is 14.9 Å². The Morgan fingerprint density at radius 3 is 2.23 bits per heavy atom. The molecule has 0 bridgehead atoms. The molecule has 0 aromatic heterocycles. The summed E-state index contributed by atoms with van der Waals surface area (Å²) in [7, 11) is -3.82. The molecule has 0 aliphatic carbocycles. The molecule has 2 rings (SSSR count). The van der Waals surface area contributed by atoms with Crippen molar-refractivity contribution in [3.05, 3.63) is 64.3 Å². The molecule has 134 valence electrons. The summed E-state index contributed by atoms with van der Waals surface area (Å²) in [5.74, 6) is -0.677. The van der Waals surface area contributed by atoms with E-state index in [0.29, 0.717) is 21.4 Å². The first-order valence-corrected chi connectivity index (χ1v) is 9.27. The molecule has 0 aliphatic heterocycles. The Kier molecular flexibility index (Phi) is 6.23. The van der Waals surface area contributed by atoms with Crippen LogP contribution in [0.1, 0.15) is 0 Å². The van der Waals surface area contributed by atoms with Crippen molar-refractivity contribution >= 4 is 50.5 Å². The number of nitriles is 1. The summed E-state index contributed by atoms with van der Waals surface area (Å²) in [6.45, 7) is 0. The fourth-order valence-corrected chi connectivity index (χ4v) is 2.63. The minimum absolute atomic E-state index is 0.0900. The first-order valence-electron chi connectivity index (χ1n) is 6.97. The van der Waals surface area contributed by atoms with Crippen molar-refractivity contribution in [1.82, 2.24) is 0 Å². The molecule has 0 saturated heterocycles. The third kappa shape index (κ3) is 5.21. The van der Waals surface area contributed by atoms with Gasteiger partial charge < -0.3 is 10.6 Å². The molecule has 4 N–H and O–H groups in total. The van der Waals surface area contributed by atoms with E-state index < -0.39 is 15.9 Å². The maximum atomic E-state index is 12.1. The van der Waals surface area contributed by atoms with Crippen molar-refractivity contribution in [1.29, 1.82) is 5.26 Å². The molecular formula is C16H12Cl2N4O3S. The Hall–Kier alpha value is -2.57. The number of halogens is 2. The molecule has 0 heterocycles. The number of nitrogens with two attached hydrogens (primary N) is 1. The quantitative estimate of drug-likeness (QED) is 0.515. The van der Waals surface area contributed by atoms with E-state index in [2.05, 4.69) is 10.6 Å². The maximum absolute atomic E-state index is 12.1. The second kappa shape index (κ2) is 8.21. The van der Waals surface area contributed by atoms with Gasteiger partial charge in [-0.25, -0.2) is 13.6 Å². The van der Waals surface area contributed by atoms with Gasteiger partial charge in [-0.15, -0.1) is 0 Å². The molecule has 0 fully saturated rings. The predicted octanol–water partition coefficient (Wildman–Crippen LogP) is 3.10. The van der Waals surface area contributed by atoms with Crippen LogP contribution in [-0.2, 0) is 14.8 Å². The lowest BCUT2D eigenvalue weighted by molar-refractivity contribution is -0.112. The molecule has 7 nitrogen and oxygen atoms in total. The lowest BCUT2D eigenvalue weighted by atomic mass is 10.2. The molecule has 26 heavy (non-hydrogen) atoms. The largest absolute Gasteiger partial charge is 0.360 e. The van der Waals surface area contributed by atoms with Crippen LogP contribution in [0.4, 0.5) is 11.4 Å². The number of rotatable bonds is 5.